The summed E-state index contributed by atoms with van der Waals surface area (Å²) in [4.78, 5) is 20.5. The number of rotatable bonds is 7. The number of ether oxygens (including phenoxy) is 2. The molecule has 0 saturated carbocycles. The number of hydrogen-bond acceptors (Lipinski definition) is 9. The van der Waals surface area contributed by atoms with Gasteiger partial charge in [0.1, 0.15) is 19.5 Å². The van der Waals surface area contributed by atoms with E-state index in [9.17, 15) is 10.1 Å². The quantitative estimate of drug-likeness (QED) is 0.458. The van der Waals surface area contributed by atoms with E-state index in [2.05, 4.69) is 20.6 Å². The van der Waals surface area contributed by atoms with Gasteiger partial charge in [-0.25, -0.2) is 9.97 Å². The molecule has 1 aliphatic rings. The van der Waals surface area contributed by atoms with E-state index in [0.717, 1.165) is 6.42 Å². The lowest BCUT2D eigenvalue weighted by Crippen LogP contribution is -2.15. The standard InChI is InChI=1S/C18H17N5O4S/c24-23(25)16-17(19-6-5-13-2-1-9-28-13)20-11-21-18(16)22-12-3-4-14-15(10-12)27-8-7-26-14/h1-4,9-11H,5-8H2,(H2,19,20,21,22). The summed E-state index contributed by atoms with van der Waals surface area (Å²) >= 11 is 1.64. The largest absolute Gasteiger partial charge is 0.486 e. The first-order chi connectivity index (χ1) is 13.7. The maximum Gasteiger partial charge on any atom is 0.353 e. The Kier molecular flexibility index (Phi) is 5.20. The van der Waals surface area contributed by atoms with Crippen LogP contribution < -0.4 is 20.1 Å². The number of hydrogen-bond donors (Lipinski definition) is 2. The summed E-state index contributed by atoms with van der Waals surface area (Å²) in [6.07, 6.45) is 2.05. The molecule has 1 aliphatic heterocycles. The Morgan fingerprint density at radius 2 is 1.96 bits per heavy atom. The summed E-state index contributed by atoms with van der Waals surface area (Å²) in [6, 6.07) is 9.23. The number of thiophene rings is 1. The predicted octanol–water partition coefficient (Wildman–Crippen LogP) is 3.62. The topological polar surface area (TPSA) is 111 Å². The SMILES string of the molecule is O=[N+]([O-])c1c(NCCc2cccs2)ncnc1Nc1ccc2c(c1)OCCO2. The monoisotopic (exact) mass is 399 g/mol. The molecule has 3 aromatic rings. The van der Waals surface area contributed by atoms with Gasteiger partial charge in [0, 0.05) is 23.2 Å². The van der Waals surface area contributed by atoms with Crippen molar-refractivity contribution in [2.75, 3.05) is 30.4 Å². The smallest absolute Gasteiger partial charge is 0.353 e. The third-order valence-electron chi connectivity index (χ3n) is 4.05. The Morgan fingerprint density at radius 3 is 2.75 bits per heavy atom. The van der Waals surface area contributed by atoms with Crippen LogP contribution in [0.2, 0.25) is 0 Å². The van der Waals surface area contributed by atoms with Crippen molar-refractivity contribution in [2.45, 2.75) is 6.42 Å². The molecule has 2 N–H and O–H groups in total. The van der Waals surface area contributed by atoms with Gasteiger partial charge in [-0.3, -0.25) is 10.1 Å². The van der Waals surface area contributed by atoms with Gasteiger partial charge in [-0.15, -0.1) is 11.3 Å². The van der Waals surface area contributed by atoms with Crippen LogP contribution in [0.25, 0.3) is 0 Å². The molecule has 10 heteroatoms. The number of anilines is 3. The zero-order chi connectivity index (χ0) is 19.3. The van der Waals surface area contributed by atoms with E-state index in [-0.39, 0.29) is 17.3 Å². The van der Waals surface area contributed by atoms with E-state index in [1.807, 2.05) is 17.5 Å². The normalized spacial score (nSPS) is 12.4. The Balaban J connectivity index is 1.54. The number of nitrogens with one attached hydrogen (secondary N) is 2. The van der Waals surface area contributed by atoms with Crippen LogP contribution >= 0.6 is 11.3 Å². The van der Waals surface area contributed by atoms with Gasteiger partial charge in [0.05, 0.1) is 4.92 Å². The molecule has 144 valence electrons. The molecule has 0 radical (unpaired) electrons. The van der Waals surface area contributed by atoms with Crippen LogP contribution in [-0.4, -0.2) is 34.6 Å². The maximum atomic E-state index is 11.7. The number of fused-ring (bicyclic) bond motifs is 1. The van der Waals surface area contributed by atoms with Gasteiger partial charge in [-0.1, -0.05) is 6.07 Å². The van der Waals surface area contributed by atoms with E-state index in [1.54, 1.807) is 29.5 Å². The number of aromatic nitrogens is 2. The molecular weight excluding hydrogens is 382 g/mol. The Hall–Kier alpha value is -3.40. The number of nitro groups is 1. The van der Waals surface area contributed by atoms with Gasteiger partial charge < -0.3 is 20.1 Å². The Labute approximate surface area is 164 Å². The molecule has 0 fully saturated rings. The van der Waals surface area contributed by atoms with Gasteiger partial charge >= 0.3 is 5.69 Å². The van der Waals surface area contributed by atoms with Crippen LogP contribution in [-0.2, 0) is 6.42 Å². The van der Waals surface area contributed by atoms with E-state index >= 15 is 0 Å². The molecule has 2 aromatic heterocycles. The molecule has 0 bridgehead atoms. The average molecular weight is 399 g/mol. The van der Waals surface area contributed by atoms with Crippen LogP contribution in [0, 0.1) is 10.1 Å². The third kappa shape index (κ3) is 3.96. The summed E-state index contributed by atoms with van der Waals surface area (Å²) < 4.78 is 11.0. The van der Waals surface area contributed by atoms with Gasteiger partial charge in [-0.2, -0.15) is 0 Å². The zero-order valence-corrected chi connectivity index (χ0v) is 15.6. The highest BCUT2D eigenvalue weighted by molar-refractivity contribution is 7.09. The summed E-state index contributed by atoms with van der Waals surface area (Å²) in [7, 11) is 0. The maximum absolute atomic E-state index is 11.7. The van der Waals surface area contributed by atoms with Gasteiger partial charge in [0.25, 0.3) is 0 Å². The molecule has 0 atom stereocenters. The van der Waals surface area contributed by atoms with E-state index in [1.165, 1.54) is 11.2 Å². The fourth-order valence-electron chi connectivity index (χ4n) is 2.79. The van der Waals surface area contributed by atoms with E-state index in [4.69, 9.17) is 9.47 Å². The molecule has 28 heavy (non-hydrogen) atoms. The van der Waals surface area contributed by atoms with Gasteiger partial charge in [0.2, 0.25) is 11.6 Å². The molecule has 0 aliphatic carbocycles. The van der Waals surface area contributed by atoms with Crippen molar-refractivity contribution in [3.05, 3.63) is 57.0 Å². The Morgan fingerprint density at radius 1 is 1.14 bits per heavy atom. The molecular formula is C18H17N5O4S. The van der Waals surface area contributed by atoms with Crippen molar-refractivity contribution < 1.29 is 14.4 Å². The minimum atomic E-state index is -0.492. The number of nitrogens with zero attached hydrogens (tertiary/aromatic N) is 3. The molecule has 4 rings (SSSR count). The van der Waals surface area contributed by atoms with Crippen molar-refractivity contribution in [3.63, 3.8) is 0 Å². The lowest BCUT2D eigenvalue weighted by molar-refractivity contribution is -0.383. The summed E-state index contributed by atoms with van der Waals surface area (Å²) in [5, 5.41) is 19.7. The van der Waals surface area contributed by atoms with Crippen molar-refractivity contribution in [3.8, 4) is 11.5 Å². The fourth-order valence-corrected chi connectivity index (χ4v) is 3.50. The summed E-state index contributed by atoms with van der Waals surface area (Å²) in [6.45, 7) is 1.49. The molecule has 0 spiro atoms. The zero-order valence-electron chi connectivity index (χ0n) is 14.8. The number of benzene rings is 1. The molecule has 3 heterocycles. The highest BCUT2D eigenvalue weighted by Gasteiger charge is 2.23. The highest BCUT2D eigenvalue weighted by Crippen LogP contribution is 2.36. The lowest BCUT2D eigenvalue weighted by atomic mass is 10.2. The second kappa shape index (κ2) is 8.09. The molecule has 0 saturated heterocycles. The van der Waals surface area contributed by atoms with Crippen LogP contribution in [0.4, 0.5) is 23.0 Å². The van der Waals surface area contributed by atoms with Crippen molar-refractivity contribution >= 4 is 34.3 Å². The lowest BCUT2D eigenvalue weighted by Gasteiger charge is -2.19. The van der Waals surface area contributed by atoms with E-state index in [0.29, 0.717) is 36.9 Å². The molecule has 1 aromatic carbocycles. The first-order valence-electron chi connectivity index (χ1n) is 8.63. The molecule has 9 nitrogen and oxygen atoms in total. The van der Waals surface area contributed by atoms with Crippen molar-refractivity contribution in [1.29, 1.82) is 0 Å². The summed E-state index contributed by atoms with van der Waals surface area (Å²) in [5.41, 5.74) is 0.402. The second-order valence-corrected chi connectivity index (χ2v) is 6.95. The van der Waals surface area contributed by atoms with Crippen molar-refractivity contribution in [2.24, 2.45) is 0 Å². The van der Waals surface area contributed by atoms with Gasteiger partial charge in [0.15, 0.2) is 11.5 Å². The molecule has 0 unspecified atom stereocenters. The second-order valence-electron chi connectivity index (χ2n) is 5.92. The first kappa shape index (κ1) is 18.0. The Bertz CT molecular complexity index is 980. The predicted molar refractivity (Wildman–Crippen MR) is 106 cm³/mol. The minimum absolute atomic E-state index is 0.107. The van der Waals surface area contributed by atoms with Crippen molar-refractivity contribution in [1.82, 2.24) is 9.97 Å². The molecule has 0 amide bonds. The fraction of sp³-hybridized carbons (Fsp3) is 0.222. The average Bonchev–Trinajstić information content (AvgIpc) is 3.21. The highest BCUT2D eigenvalue weighted by atomic mass is 32.1. The minimum Gasteiger partial charge on any atom is -0.486 e. The van der Waals surface area contributed by atoms with Gasteiger partial charge in [-0.05, 0) is 30.0 Å². The first-order valence-corrected chi connectivity index (χ1v) is 9.51. The van der Waals surface area contributed by atoms with Crippen LogP contribution in [0.15, 0.2) is 42.0 Å². The van der Waals surface area contributed by atoms with E-state index < -0.39 is 4.92 Å². The van der Waals surface area contributed by atoms with Crippen LogP contribution in [0.5, 0.6) is 11.5 Å². The summed E-state index contributed by atoms with van der Waals surface area (Å²) in [5.74, 6) is 1.51. The van der Waals surface area contributed by atoms with Crippen LogP contribution in [0.3, 0.4) is 0 Å². The van der Waals surface area contributed by atoms with Crippen LogP contribution in [0.1, 0.15) is 4.88 Å². The third-order valence-corrected chi connectivity index (χ3v) is 4.99.